The van der Waals surface area contributed by atoms with Crippen molar-refractivity contribution in [2.24, 2.45) is 5.92 Å². The molecule has 0 spiro atoms. The van der Waals surface area contributed by atoms with Crippen molar-refractivity contribution in [3.8, 4) is 0 Å². The number of nitrogens with one attached hydrogen (secondary N) is 1. The lowest BCUT2D eigenvalue weighted by molar-refractivity contribution is 0.269. The second kappa shape index (κ2) is 7.04. The third-order valence-electron chi connectivity index (χ3n) is 4.43. The average molecular weight is 263 g/mol. The number of aryl methyl sites for hydroxylation is 1. The van der Waals surface area contributed by atoms with E-state index in [1.165, 1.54) is 37.7 Å². The molecular formula is C17H26FN. The Bertz CT molecular complexity index is 396. The Hall–Kier alpha value is -0.890. The molecule has 1 unspecified atom stereocenters. The zero-order valence-corrected chi connectivity index (χ0v) is 12.2. The Morgan fingerprint density at radius 2 is 2.00 bits per heavy atom. The number of hydrogen-bond donors (Lipinski definition) is 1. The molecule has 19 heavy (non-hydrogen) atoms. The predicted molar refractivity (Wildman–Crippen MR) is 78.9 cm³/mol. The van der Waals surface area contributed by atoms with Crippen LogP contribution in [0.4, 0.5) is 4.39 Å². The normalized spacial score (nSPS) is 18.5. The van der Waals surface area contributed by atoms with Crippen LogP contribution in [0.3, 0.4) is 0 Å². The second-order valence-electron chi connectivity index (χ2n) is 5.84. The van der Waals surface area contributed by atoms with Gasteiger partial charge in [0.2, 0.25) is 0 Å². The maximum atomic E-state index is 13.2. The first kappa shape index (κ1) is 14.5. The molecule has 2 heteroatoms. The number of hydrogen-bond acceptors (Lipinski definition) is 1. The Kier molecular flexibility index (Phi) is 5.38. The van der Waals surface area contributed by atoms with Crippen LogP contribution in [-0.4, -0.2) is 12.6 Å². The standard InChI is InChI=1S/C17H26FN/c1-3-19-17(14-7-5-4-6-8-14)12-15-9-10-16(18)11-13(15)2/h9-11,14,17,19H,3-8,12H2,1-2H3. The Balaban J connectivity index is 2.06. The highest BCUT2D eigenvalue weighted by molar-refractivity contribution is 5.27. The van der Waals surface area contributed by atoms with Crippen molar-refractivity contribution in [1.29, 1.82) is 0 Å². The highest BCUT2D eigenvalue weighted by Crippen LogP contribution is 2.28. The van der Waals surface area contributed by atoms with Crippen molar-refractivity contribution in [2.75, 3.05) is 6.54 Å². The van der Waals surface area contributed by atoms with Crippen LogP contribution in [0, 0.1) is 18.7 Å². The second-order valence-corrected chi connectivity index (χ2v) is 5.84. The molecular weight excluding hydrogens is 237 g/mol. The fraction of sp³-hybridized carbons (Fsp3) is 0.647. The molecule has 1 aromatic rings. The van der Waals surface area contributed by atoms with Crippen molar-refractivity contribution < 1.29 is 4.39 Å². The monoisotopic (exact) mass is 263 g/mol. The smallest absolute Gasteiger partial charge is 0.123 e. The molecule has 0 radical (unpaired) electrons. The zero-order chi connectivity index (χ0) is 13.7. The zero-order valence-electron chi connectivity index (χ0n) is 12.2. The van der Waals surface area contributed by atoms with Gasteiger partial charge in [-0.25, -0.2) is 4.39 Å². The molecule has 1 aromatic carbocycles. The van der Waals surface area contributed by atoms with Gasteiger partial charge in [-0.1, -0.05) is 32.3 Å². The Morgan fingerprint density at radius 1 is 1.26 bits per heavy atom. The number of benzene rings is 1. The summed E-state index contributed by atoms with van der Waals surface area (Å²) >= 11 is 0. The minimum atomic E-state index is -0.126. The summed E-state index contributed by atoms with van der Waals surface area (Å²) in [4.78, 5) is 0. The van der Waals surface area contributed by atoms with Gasteiger partial charge in [0, 0.05) is 6.04 Å². The summed E-state index contributed by atoms with van der Waals surface area (Å²) in [6.07, 6.45) is 7.86. The molecule has 0 heterocycles. The van der Waals surface area contributed by atoms with Crippen LogP contribution in [0.5, 0.6) is 0 Å². The van der Waals surface area contributed by atoms with E-state index >= 15 is 0 Å². The van der Waals surface area contributed by atoms with Gasteiger partial charge in [-0.3, -0.25) is 0 Å². The van der Waals surface area contributed by atoms with Gasteiger partial charge in [0.05, 0.1) is 0 Å². The highest BCUT2D eigenvalue weighted by Gasteiger charge is 2.23. The van der Waals surface area contributed by atoms with Gasteiger partial charge in [-0.2, -0.15) is 0 Å². The number of halogens is 1. The average Bonchev–Trinajstić information content (AvgIpc) is 2.42. The van der Waals surface area contributed by atoms with Gasteiger partial charge in [0.1, 0.15) is 5.82 Å². The van der Waals surface area contributed by atoms with Gasteiger partial charge in [0.15, 0.2) is 0 Å². The van der Waals surface area contributed by atoms with E-state index in [1.807, 2.05) is 13.0 Å². The number of rotatable bonds is 5. The lowest BCUT2D eigenvalue weighted by Gasteiger charge is -2.31. The Morgan fingerprint density at radius 3 is 2.63 bits per heavy atom. The maximum absolute atomic E-state index is 13.2. The lowest BCUT2D eigenvalue weighted by atomic mass is 9.81. The minimum absolute atomic E-state index is 0.126. The van der Waals surface area contributed by atoms with Crippen molar-refractivity contribution in [2.45, 2.75) is 58.4 Å². The molecule has 0 aliphatic heterocycles. The molecule has 1 aliphatic carbocycles. The van der Waals surface area contributed by atoms with Crippen LogP contribution >= 0.6 is 0 Å². The van der Waals surface area contributed by atoms with Crippen molar-refractivity contribution in [3.05, 3.63) is 35.1 Å². The summed E-state index contributed by atoms with van der Waals surface area (Å²) < 4.78 is 13.2. The molecule has 1 saturated carbocycles. The van der Waals surface area contributed by atoms with Gasteiger partial charge in [0.25, 0.3) is 0 Å². The van der Waals surface area contributed by atoms with E-state index in [9.17, 15) is 4.39 Å². The van der Waals surface area contributed by atoms with Crippen LogP contribution in [0.2, 0.25) is 0 Å². The third-order valence-corrected chi connectivity index (χ3v) is 4.43. The molecule has 1 nitrogen and oxygen atoms in total. The van der Waals surface area contributed by atoms with E-state index in [2.05, 4.69) is 12.2 Å². The van der Waals surface area contributed by atoms with Gasteiger partial charge < -0.3 is 5.32 Å². The summed E-state index contributed by atoms with van der Waals surface area (Å²) in [6, 6.07) is 5.75. The first-order valence-electron chi connectivity index (χ1n) is 7.69. The van der Waals surface area contributed by atoms with Gasteiger partial charge in [-0.05, 0) is 61.9 Å². The van der Waals surface area contributed by atoms with Crippen LogP contribution in [0.25, 0.3) is 0 Å². The largest absolute Gasteiger partial charge is 0.314 e. The molecule has 0 saturated heterocycles. The lowest BCUT2D eigenvalue weighted by Crippen LogP contribution is -2.39. The molecule has 0 aromatic heterocycles. The van der Waals surface area contributed by atoms with Crippen LogP contribution in [0.1, 0.15) is 50.2 Å². The van der Waals surface area contributed by atoms with Gasteiger partial charge >= 0.3 is 0 Å². The summed E-state index contributed by atoms with van der Waals surface area (Å²) in [6.45, 7) is 5.21. The summed E-state index contributed by atoms with van der Waals surface area (Å²) in [5, 5.41) is 3.65. The summed E-state index contributed by atoms with van der Waals surface area (Å²) in [5.74, 6) is 0.664. The topological polar surface area (TPSA) is 12.0 Å². The third kappa shape index (κ3) is 4.04. The quantitative estimate of drug-likeness (QED) is 0.838. The molecule has 0 bridgehead atoms. The molecule has 1 fully saturated rings. The first-order chi connectivity index (χ1) is 9.20. The van der Waals surface area contributed by atoms with E-state index in [1.54, 1.807) is 12.1 Å². The highest BCUT2D eigenvalue weighted by atomic mass is 19.1. The van der Waals surface area contributed by atoms with E-state index in [4.69, 9.17) is 0 Å². The molecule has 2 rings (SSSR count). The fourth-order valence-corrected chi connectivity index (χ4v) is 3.33. The first-order valence-corrected chi connectivity index (χ1v) is 7.69. The van der Waals surface area contributed by atoms with E-state index in [-0.39, 0.29) is 5.82 Å². The van der Waals surface area contributed by atoms with Crippen molar-refractivity contribution in [1.82, 2.24) is 5.32 Å². The molecule has 106 valence electrons. The van der Waals surface area contributed by atoms with Crippen molar-refractivity contribution >= 4 is 0 Å². The predicted octanol–water partition coefficient (Wildman–Crippen LogP) is 4.24. The summed E-state index contributed by atoms with van der Waals surface area (Å²) in [7, 11) is 0. The van der Waals surface area contributed by atoms with Gasteiger partial charge in [-0.15, -0.1) is 0 Å². The van der Waals surface area contributed by atoms with Crippen molar-refractivity contribution in [3.63, 3.8) is 0 Å². The Labute approximate surface area is 116 Å². The fourth-order valence-electron chi connectivity index (χ4n) is 3.33. The molecule has 0 amide bonds. The van der Waals surface area contributed by atoms with E-state index in [0.717, 1.165) is 24.4 Å². The SMILES string of the molecule is CCNC(Cc1ccc(F)cc1C)C1CCCCC1. The maximum Gasteiger partial charge on any atom is 0.123 e. The van der Waals surface area contributed by atoms with Crippen LogP contribution in [0.15, 0.2) is 18.2 Å². The van der Waals surface area contributed by atoms with Crippen LogP contribution in [-0.2, 0) is 6.42 Å². The van der Waals surface area contributed by atoms with E-state index < -0.39 is 0 Å². The number of likely N-dealkylation sites (N-methyl/N-ethyl adjacent to an activating group) is 1. The van der Waals surface area contributed by atoms with Crippen LogP contribution < -0.4 is 5.32 Å². The molecule has 1 aliphatic rings. The minimum Gasteiger partial charge on any atom is -0.314 e. The molecule has 1 atom stereocenters. The summed E-state index contributed by atoms with van der Waals surface area (Å²) in [5.41, 5.74) is 2.37. The van der Waals surface area contributed by atoms with E-state index in [0.29, 0.717) is 6.04 Å². The molecule has 1 N–H and O–H groups in total.